The Morgan fingerprint density at radius 1 is 1.39 bits per heavy atom. The Balaban J connectivity index is 1.83. The third-order valence-corrected chi connectivity index (χ3v) is 4.03. The van der Waals surface area contributed by atoms with Crippen molar-refractivity contribution in [2.75, 3.05) is 19.6 Å². The van der Waals surface area contributed by atoms with E-state index in [9.17, 15) is 0 Å². The van der Waals surface area contributed by atoms with Crippen LogP contribution >= 0.6 is 11.6 Å². The van der Waals surface area contributed by atoms with E-state index in [0.717, 1.165) is 31.0 Å². The highest BCUT2D eigenvalue weighted by atomic mass is 35.5. The molecule has 2 aromatic heterocycles. The third kappa shape index (κ3) is 2.10. The first-order valence-electron chi connectivity index (χ1n) is 6.49. The van der Waals surface area contributed by atoms with Crippen LogP contribution in [0.5, 0.6) is 0 Å². The molecule has 0 amide bonds. The SMILES string of the molecule is CCN1CCC(Cc2nnc3cccc(Cl)n23)C1. The van der Waals surface area contributed by atoms with Crippen molar-refractivity contribution in [2.45, 2.75) is 19.8 Å². The maximum atomic E-state index is 6.22. The molecule has 5 heteroatoms. The molecule has 0 aromatic carbocycles. The quantitative estimate of drug-likeness (QED) is 0.798. The van der Waals surface area contributed by atoms with Crippen molar-refractivity contribution in [3.8, 4) is 0 Å². The molecule has 3 rings (SSSR count). The van der Waals surface area contributed by atoms with Gasteiger partial charge < -0.3 is 4.90 Å². The maximum absolute atomic E-state index is 6.22. The Kier molecular flexibility index (Phi) is 3.22. The minimum Gasteiger partial charge on any atom is -0.303 e. The molecule has 0 bridgehead atoms. The summed E-state index contributed by atoms with van der Waals surface area (Å²) in [4.78, 5) is 2.48. The van der Waals surface area contributed by atoms with Gasteiger partial charge in [0.25, 0.3) is 0 Å². The van der Waals surface area contributed by atoms with E-state index < -0.39 is 0 Å². The number of hydrogen-bond donors (Lipinski definition) is 0. The van der Waals surface area contributed by atoms with Gasteiger partial charge in [0, 0.05) is 13.0 Å². The predicted octanol–water partition coefficient (Wildman–Crippen LogP) is 2.27. The largest absolute Gasteiger partial charge is 0.303 e. The van der Waals surface area contributed by atoms with Crippen LogP contribution in [0.4, 0.5) is 0 Å². The summed E-state index contributed by atoms with van der Waals surface area (Å²) in [5, 5.41) is 9.15. The molecule has 0 radical (unpaired) electrons. The molecule has 1 atom stereocenters. The summed E-state index contributed by atoms with van der Waals surface area (Å²) in [6.07, 6.45) is 2.20. The Labute approximate surface area is 112 Å². The molecule has 4 nitrogen and oxygen atoms in total. The summed E-state index contributed by atoms with van der Waals surface area (Å²) in [5.74, 6) is 1.66. The van der Waals surface area contributed by atoms with Crippen LogP contribution in [-0.4, -0.2) is 39.1 Å². The minimum atomic E-state index is 0.675. The number of halogens is 1. The molecule has 2 aromatic rings. The van der Waals surface area contributed by atoms with Crippen molar-refractivity contribution in [3.63, 3.8) is 0 Å². The molecule has 1 aliphatic rings. The highest BCUT2D eigenvalue weighted by molar-refractivity contribution is 6.29. The Morgan fingerprint density at radius 2 is 2.28 bits per heavy atom. The van der Waals surface area contributed by atoms with Gasteiger partial charge >= 0.3 is 0 Å². The van der Waals surface area contributed by atoms with E-state index in [0.29, 0.717) is 11.1 Å². The molecule has 1 aliphatic heterocycles. The topological polar surface area (TPSA) is 33.4 Å². The van der Waals surface area contributed by atoms with Crippen LogP contribution in [0.15, 0.2) is 18.2 Å². The van der Waals surface area contributed by atoms with Gasteiger partial charge in [-0.05, 0) is 37.6 Å². The highest BCUT2D eigenvalue weighted by Crippen LogP contribution is 2.21. The van der Waals surface area contributed by atoms with Crippen molar-refractivity contribution in [1.82, 2.24) is 19.5 Å². The van der Waals surface area contributed by atoms with Gasteiger partial charge in [0.15, 0.2) is 5.65 Å². The molecule has 1 saturated heterocycles. The lowest BCUT2D eigenvalue weighted by Crippen LogP contribution is -2.20. The fourth-order valence-corrected chi connectivity index (χ4v) is 2.97. The number of nitrogens with zero attached hydrogens (tertiary/aromatic N) is 4. The number of likely N-dealkylation sites (tertiary alicyclic amines) is 1. The summed E-state index contributed by atoms with van der Waals surface area (Å²) < 4.78 is 1.95. The molecule has 0 spiro atoms. The normalized spacial score (nSPS) is 20.9. The highest BCUT2D eigenvalue weighted by Gasteiger charge is 2.23. The number of hydrogen-bond acceptors (Lipinski definition) is 3. The molecule has 1 unspecified atom stereocenters. The fraction of sp³-hybridized carbons (Fsp3) is 0.538. The molecule has 0 saturated carbocycles. The van der Waals surface area contributed by atoms with Crippen LogP contribution in [0.3, 0.4) is 0 Å². The van der Waals surface area contributed by atoms with Crippen LogP contribution in [0.25, 0.3) is 5.65 Å². The lowest BCUT2D eigenvalue weighted by atomic mass is 10.0. The smallest absolute Gasteiger partial charge is 0.161 e. The predicted molar refractivity (Wildman–Crippen MR) is 71.9 cm³/mol. The van der Waals surface area contributed by atoms with Crippen molar-refractivity contribution in [3.05, 3.63) is 29.2 Å². The van der Waals surface area contributed by atoms with Gasteiger partial charge in [0.05, 0.1) is 0 Å². The van der Waals surface area contributed by atoms with Crippen molar-refractivity contribution >= 4 is 17.2 Å². The standard InChI is InChI=1S/C13H17ClN4/c1-2-17-7-6-10(9-17)8-13-16-15-12-5-3-4-11(14)18(12)13/h3-5,10H,2,6-9H2,1H3. The van der Waals surface area contributed by atoms with Crippen LogP contribution in [0.1, 0.15) is 19.2 Å². The van der Waals surface area contributed by atoms with Gasteiger partial charge in [0.2, 0.25) is 0 Å². The zero-order chi connectivity index (χ0) is 12.5. The summed E-state index contributed by atoms with van der Waals surface area (Å²) >= 11 is 6.22. The number of aromatic nitrogens is 3. The van der Waals surface area contributed by atoms with Gasteiger partial charge in [0.1, 0.15) is 11.0 Å². The third-order valence-electron chi connectivity index (χ3n) is 3.74. The van der Waals surface area contributed by atoms with E-state index in [1.807, 2.05) is 22.6 Å². The van der Waals surface area contributed by atoms with Gasteiger partial charge in [-0.25, -0.2) is 0 Å². The monoisotopic (exact) mass is 264 g/mol. The number of rotatable bonds is 3. The van der Waals surface area contributed by atoms with Crippen molar-refractivity contribution in [2.24, 2.45) is 5.92 Å². The fourth-order valence-electron chi connectivity index (χ4n) is 2.72. The van der Waals surface area contributed by atoms with Crippen LogP contribution < -0.4 is 0 Å². The van der Waals surface area contributed by atoms with Gasteiger partial charge in [-0.15, -0.1) is 10.2 Å². The lowest BCUT2D eigenvalue weighted by molar-refractivity contribution is 0.340. The molecule has 3 heterocycles. The second kappa shape index (κ2) is 4.86. The second-order valence-electron chi connectivity index (χ2n) is 4.91. The zero-order valence-corrected chi connectivity index (χ0v) is 11.3. The molecule has 18 heavy (non-hydrogen) atoms. The molecule has 1 fully saturated rings. The van der Waals surface area contributed by atoms with E-state index >= 15 is 0 Å². The Hall–Kier alpha value is -1.13. The maximum Gasteiger partial charge on any atom is 0.161 e. The average Bonchev–Trinajstić information content (AvgIpc) is 2.98. The first-order chi connectivity index (χ1) is 8.78. The van der Waals surface area contributed by atoms with Crippen LogP contribution in [-0.2, 0) is 6.42 Å². The molecular formula is C13H17ClN4. The Morgan fingerprint density at radius 3 is 3.06 bits per heavy atom. The van der Waals surface area contributed by atoms with Crippen LogP contribution in [0.2, 0.25) is 5.15 Å². The van der Waals surface area contributed by atoms with E-state index in [2.05, 4.69) is 22.0 Å². The first-order valence-corrected chi connectivity index (χ1v) is 6.86. The summed E-state index contributed by atoms with van der Waals surface area (Å²) in [5.41, 5.74) is 0.836. The first kappa shape index (κ1) is 11.9. The van der Waals surface area contributed by atoms with Crippen molar-refractivity contribution in [1.29, 1.82) is 0 Å². The van der Waals surface area contributed by atoms with Gasteiger partial charge in [-0.3, -0.25) is 4.40 Å². The minimum absolute atomic E-state index is 0.675. The molecule has 0 aliphatic carbocycles. The van der Waals surface area contributed by atoms with E-state index in [-0.39, 0.29) is 0 Å². The average molecular weight is 265 g/mol. The molecule has 0 N–H and O–H groups in total. The van der Waals surface area contributed by atoms with Crippen molar-refractivity contribution < 1.29 is 0 Å². The lowest BCUT2D eigenvalue weighted by Gasteiger charge is -2.12. The van der Waals surface area contributed by atoms with E-state index in [1.54, 1.807) is 0 Å². The molecule has 96 valence electrons. The van der Waals surface area contributed by atoms with Crippen LogP contribution in [0, 0.1) is 5.92 Å². The second-order valence-corrected chi connectivity index (χ2v) is 5.30. The molecular weight excluding hydrogens is 248 g/mol. The number of fused-ring (bicyclic) bond motifs is 1. The van der Waals surface area contributed by atoms with Gasteiger partial charge in [-0.2, -0.15) is 0 Å². The zero-order valence-electron chi connectivity index (χ0n) is 10.5. The van der Waals surface area contributed by atoms with E-state index in [1.165, 1.54) is 13.0 Å². The number of pyridine rings is 1. The van der Waals surface area contributed by atoms with Gasteiger partial charge in [-0.1, -0.05) is 24.6 Å². The summed E-state index contributed by atoms with van der Waals surface area (Å²) in [7, 11) is 0. The summed E-state index contributed by atoms with van der Waals surface area (Å²) in [6, 6.07) is 5.73. The van der Waals surface area contributed by atoms with E-state index in [4.69, 9.17) is 11.6 Å². The summed E-state index contributed by atoms with van der Waals surface area (Å²) in [6.45, 7) is 5.71. The Bertz CT molecular complexity index is 551.